The van der Waals surface area contributed by atoms with Gasteiger partial charge in [0.15, 0.2) is 0 Å². The maximum absolute atomic E-state index is 6.03. The van der Waals surface area contributed by atoms with Crippen LogP contribution in [0.15, 0.2) is 0 Å². The monoisotopic (exact) mass is 238 g/mol. The molecule has 2 aliphatic rings. The lowest BCUT2D eigenvalue weighted by Crippen LogP contribution is -2.46. The van der Waals surface area contributed by atoms with Crippen LogP contribution in [0.4, 0.5) is 0 Å². The molecule has 1 heterocycles. The Morgan fingerprint density at radius 2 is 1.76 bits per heavy atom. The number of fused-ring (bicyclic) bond motifs is 1. The van der Waals surface area contributed by atoms with Crippen molar-refractivity contribution in [3.8, 4) is 0 Å². The van der Waals surface area contributed by atoms with Crippen LogP contribution < -0.4 is 5.73 Å². The average molecular weight is 238 g/mol. The number of nitrogens with zero attached hydrogens (tertiary/aromatic N) is 1. The minimum absolute atomic E-state index is 0.445. The van der Waals surface area contributed by atoms with Gasteiger partial charge in [-0.1, -0.05) is 39.5 Å². The lowest BCUT2D eigenvalue weighted by Gasteiger charge is -2.40. The summed E-state index contributed by atoms with van der Waals surface area (Å²) in [5.74, 6) is 1.66. The number of likely N-dealkylation sites (tertiary alicyclic amines) is 1. The van der Waals surface area contributed by atoms with Crippen LogP contribution in [0.5, 0.6) is 0 Å². The first-order valence-corrected chi connectivity index (χ1v) is 7.63. The molecule has 2 rings (SSSR count). The standard InChI is InChI=1S/C15H30N2/c1-4-6-7-8-9-15(3,5-2)17-10-12-13(11-17)14(12)16/h12-14H,4-11,16H2,1-3H3. The van der Waals surface area contributed by atoms with E-state index in [1.165, 1.54) is 51.6 Å². The number of hydrogen-bond acceptors (Lipinski definition) is 2. The van der Waals surface area contributed by atoms with Gasteiger partial charge in [0.1, 0.15) is 0 Å². The molecule has 1 saturated carbocycles. The second-order valence-corrected chi connectivity index (χ2v) is 6.47. The minimum atomic E-state index is 0.445. The third-order valence-corrected chi connectivity index (χ3v) is 5.35. The van der Waals surface area contributed by atoms with Crippen LogP contribution in [0.2, 0.25) is 0 Å². The highest BCUT2D eigenvalue weighted by molar-refractivity contribution is 5.11. The summed E-state index contributed by atoms with van der Waals surface area (Å²) in [5.41, 5.74) is 6.48. The highest BCUT2D eigenvalue weighted by atomic mass is 15.3. The Bertz CT molecular complexity index is 241. The van der Waals surface area contributed by atoms with E-state index in [1.807, 2.05) is 0 Å². The Kier molecular flexibility index (Phi) is 4.14. The number of piperidine rings is 1. The fourth-order valence-electron chi connectivity index (χ4n) is 3.50. The Morgan fingerprint density at radius 1 is 1.12 bits per heavy atom. The molecule has 0 amide bonds. The fourth-order valence-corrected chi connectivity index (χ4v) is 3.50. The van der Waals surface area contributed by atoms with E-state index >= 15 is 0 Å². The van der Waals surface area contributed by atoms with Gasteiger partial charge in [-0.2, -0.15) is 0 Å². The molecule has 1 saturated heterocycles. The van der Waals surface area contributed by atoms with E-state index in [9.17, 15) is 0 Å². The maximum atomic E-state index is 6.03. The zero-order valence-corrected chi connectivity index (χ0v) is 11.9. The SMILES string of the molecule is CCCCCCC(C)(CC)N1CC2C(N)C2C1. The van der Waals surface area contributed by atoms with Gasteiger partial charge < -0.3 is 5.73 Å². The molecule has 2 nitrogen and oxygen atoms in total. The number of unbranched alkanes of at least 4 members (excludes halogenated alkanes) is 3. The van der Waals surface area contributed by atoms with Gasteiger partial charge in [0, 0.05) is 24.7 Å². The van der Waals surface area contributed by atoms with Crippen molar-refractivity contribution in [1.82, 2.24) is 4.90 Å². The molecular weight excluding hydrogens is 208 g/mol. The lowest BCUT2D eigenvalue weighted by atomic mass is 9.89. The van der Waals surface area contributed by atoms with E-state index in [0.29, 0.717) is 11.6 Å². The molecule has 1 aliphatic carbocycles. The summed E-state index contributed by atoms with van der Waals surface area (Å²) in [7, 11) is 0. The second-order valence-electron chi connectivity index (χ2n) is 6.47. The topological polar surface area (TPSA) is 29.3 Å². The van der Waals surface area contributed by atoms with Crippen molar-refractivity contribution in [2.75, 3.05) is 13.1 Å². The largest absolute Gasteiger partial charge is 0.327 e. The van der Waals surface area contributed by atoms with Crippen LogP contribution in [0, 0.1) is 11.8 Å². The Morgan fingerprint density at radius 3 is 2.29 bits per heavy atom. The number of hydrogen-bond donors (Lipinski definition) is 1. The molecular formula is C15H30N2. The van der Waals surface area contributed by atoms with Gasteiger partial charge in [-0.15, -0.1) is 0 Å². The molecule has 2 N–H and O–H groups in total. The quantitative estimate of drug-likeness (QED) is 0.691. The molecule has 0 spiro atoms. The zero-order chi connectivity index (χ0) is 12.5. The molecule has 3 atom stereocenters. The van der Waals surface area contributed by atoms with E-state index in [4.69, 9.17) is 5.73 Å². The van der Waals surface area contributed by atoms with Crippen LogP contribution in [0.25, 0.3) is 0 Å². The summed E-state index contributed by atoms with van der Waals surface area (Å²) >= 11 is 0. The van der Waals surface area contributed by atoms with Crippen molar-refractivity contribution >= 4 is 0 Å². The second kappa shape index (κ2) is 5.27. The Labute approximate surface area is 107 Å². The first kappa shape index (κ1) is 13.4. The van der Waals surface area contributed by atoms with Crippen molar-refractivity contribution < 1.29 is 0 Å². The van der Waals surface area contributed by atoms with Crippen molar-refractivity contribution in [2.24, 2.45) is 17.6 Å². The summed E-state index contributed by atoms with van der Waals surface area (Å²) in [5, 5.41) is 0. The summed E-state index contributed by atoms with van der Waals surface area (Å²) in [4.78, 5) is 2.73. The van der Waals surface area contributed by atoms with E-state index in [-0.39, 0.29) is 0 Å². The van der Waals surface area contributed by atoms with E-state index in [0.717, 1.165) is 11.8 Å². The number of nitrogens with two attached hydrogens (primary N) is 1. The first-order chi connectivity index (χ1) is 8.12. The Hall–Kier alpha value is -0.0800. The molecule has 17 heavy (non-hydrogen) atoms. The highest BCUT2D eigenvalue weighted by Gasteiger charge is 2.55. The molecule has 0 bridgehead atoms. The zero-order valence-electron chi connectivity index (χ0n) is 11.9. The van der Waals surface area contributed by atoms with Crippen molar-refractivity contribution in [2.45, 2.75) is 70.9 Å². The molecule has 0 aromatic heterocycles. The van der Waals surface area contributed by atoms with Crippen LogP contribution in [-0.2, 0) is 0 Å². The summed E-state index contributed by atoms with van der Waals surface area (Å²) in [6.45, 7) is 9.64. The fraction of sp³-hybridized carbons (Fsp3) is 1.00. The summed E-state index contributed by atoms with van der Waals surface area (Å²) in [6.07, 6.45) is 8.20. The molecule has 0 aromatic rings. The molecule has 0 radical (unpaired) electrons. The molecule has 2 heteroatoms. The van der Waals surface area contributed by atoms with E-state index < -0.39 is 0 Å². The lowest BCUT2D eigenvalue weighted by molar-refractivity contribution is 0.0997. The van der Waals surface area contributed by atoms with Crippen LogP contribution in [0.3, 0.4) is 0 Å². The van der Waals surface area contributed by atoms with Crippen LogP contribution >= 0.6 is 0 Å². The number of rotatable bonds is 7. The van der Waals surface area contributed by atoms with Crippen molar-refractivity contribution in [1.29, 1.82) is 0 Å². The molecule has 3 unspecified atom stereocenters. The van der Waals surface area contributed by atoms with Gasteiger partial charge >= 0.3 is 0 Å². The Balaban J connectivity index is 1.78. The van der Waals surface area contributed by atoms with Gasteiger partial charge in [-0.05, 0) is 31.6 Å². The average Bonchev–Trinajstić information content (AvgIpc) is 2.80. The van der Waals surface area contributed by atoms with Gasteiger partial charge in [0.25, 0.3) is 0 Å². The molecule has 0 aromatic carbocycles. The summed E-state index contributed by atoms with van der Waals surface area (Å²) < 4.78 is 0. The van der Waals surface area contributed by atoms with Gasteiger partial charge in [0.2, 0.25) is 0 Å². The molecule has 1 aliphatic heterocycles. The van der Waals surface area contributed by atoms with Crippen LogP contribution in [0.1, 0.15) is 59.3 Å². The third kappa shape index (κ3) is 2.68. The van der Waals surface area contributed by atoms with E-state index in [1.54, 1.807) is 0 Å². The van der Waals surface area contributed by atoms with Gasteiger partial charge in [0.05, 0.1) is 0 Å². The summed E-state index contributed by atoms with van der Waals surface area (Å²) in [6, 6.07) is 0.535. The smallest absolute Gasteiger partial charge is 0.0179 e. The minimum Gasteiger partial charge on any atom is -0.327 e. The third-order valence-electron chi connectivity index (χ3n) is 5.35. The highest BCUT2D eigenvalue weighted by Crippen LogP contribution is 2.47. The first-order valence-electron chi connectivity index (χ1n) is 7.63. The molecule has 2 fully saturated rings. The van der Waals surface area contributed by atoms with Gasteiger partial charge in [-0.3, -0.25) is 4.90 Å². The van der Waals surface area contributed by atoms with Crippen LogP contribution in [-0.4, -0.2) is 29.6 Å². The van der Waals surface area contributed by atoms with Crippen molar-refractivity contribution in [3.63, 3.8) is 0 Å². The predicted octanol–water partition coefficient (Wildman–Crippen LogP) is 3.01. The predicted molar refractivity (Wildman–Crippen MR) is 74.0 cm³/mol. The maximum Gasteiger partial charge on any atom is 0.0179 e. The van der Waals surface area contributed by atoms with Gasteiger partial charge in [-0.25, -0.2) is 0 Å². The van der Waals surface area contributed by atoms with Crippen molar-refractivity contribution in [3.05, 3.63) is 0 Å². The normalized spacial score (nSPS) is 35.6. The molecule has 100 valence electrons. The van der Waals surface area contributed by atoms with E-state index in [2.05, 4.69) is 25.7 Å².